The topological polar surface area (TPSA) is 128 Å². The van der Waals surface area contributed by atoms with Gasteiger partial charge in [-0.25, -0.2) is 4.79 Å². The lowest BCUT2D eigenvalue weighted by molar-refractivity contribution is -0.486. The van der Waals surface area contributed by atoms with Crippen LogP contribution in [-0.2, 0) is 31.7 Å². The van der Waals surface area contributed by atoms with E-state index in [1.807, 2.05) is 13.8 Å². The number of carbonyl (C=O) groups is 3. The number of ether oxygens (including phenoxy) is 1. The number of nitrogens with one attached hydrogen (secondary N) is 2. The van der Waals surface area contributed by atoms with E-state index in [-0.39, 0.29) is 18.8 Å². The molecular formula is C24H34F3N3O6. The van der Waals surface area contributed by atoms with Crippen LogP contribution in [0.25, 0.3) is 0 Å². The number of halogens is 3. The van der Waals surface area contributed by atoms with E-state index in [0.717, 1.165) is 19.2 Å². The van der Waals surface area contributed by atoms with E-state index in [1.54, 1.807) is 20.8 Å². The Balaban J connectivity index is 3.12. The molecule has 1 aromatic rings. The number of nitrogens with zero attached hydrogens (tertiary/aromatic N) is 1. The summed E-state index contributed by atoms with van der Waals surface area (Å²) in [6.45, 7) is 8.05. The van der Waals surface area contributed by atoms with Crippen LogP contribution in [0.4, 0.5) is 13.2 Å². The summed E-state index contributed by atoms with van der Waals surface area (Å²) in [5, 5.41) is 16.1. The molecule has 0 aliphatic rings. The van der Waals surface area contributed by atoms with E-state index in [4.69, 9.17) is 4.74 Å². The fraction of sp³-hybridized carbons (Fsp3) is 0.625. The van der Waals surface area contributed by atoms with Crippen LogP contribution in [0, 0.1) is 27.4 Å². The Bertz CT molecular complexity index is 927. The van der Waals surface area contributed by atoms with Crippen LogP contribution in [0.1, 0.15) is 52.2 Å². The van der Waals surface area contributed by atoms with E-state index < -0.39 is 64.4 Å². The van der Waals surface area contributed by atoms with Crippen LogP contribution in [0.3, 0.4) is 0 Å². The first-order valence-electron chi connectivity index (χ1n) is 11.4. The standard InChI is InChI=1S/C24H34F3N3O6/c1-14(2)11-16(13-30(34)35)20(31)29-19(23(3,4)5)21(32)28-18(22(33)36-6)12-15-7-9-17(10-8-15)24(25,26)27/h7-10,14,16,18-19H,11-13H2,1-6H3,(H,28,32)(H,29,31)/t16-,18+,19-/m1/s1. The molecule has 0 radical (unpaired) electrons. The van der Waals surface area contributed by atoms with Crippen molar-refractivity contribution in [3.8, 4) is 0 Å². The van der Waals surface area contributed by atoms with Gasteiger partial charge in [0.2, 0.25) is 18.4 Å². The minimum Gasteiger partial charge on any atom is -0.467 e. The highest BCUT2D eigenvalue weighted by atomic mass is 19.4. The lowest BCUT2D eigenvalue weighted by atomic mass is 9.85. The van der Waals surface area contributed by atoms with Gasteiger partial charge in [-0.2, -0.15) is 13.2 Å². The third-order valence-electron chi connectivity index (χ3n) is 5.43. The average molecular weight is 518 g/mol. The predicted octanol–water partition coefficient (Wildman–Crippen LogP) is 3.38. The number of esters is 1. The molecule has 0 aliphatic carbocycles. The molecule has 36 heavy (non-hydrogen) atoms. The highest BCUT2D eigenvalue weighted by molar-refractivity contribution is 5.92. The van der Waals surface area contributed by atoms with Gasteiger partial charge in [0.25, 0.3) is 0 Å². The molecule has 2 N–H and O–H groups in total. The molecule has 0 saturated carbocycles. The fourth-order valence-corrected chi connectivity index (χ4v) is 3.61. The van der Waals surface area contributed by atoms with E-state index in [9.17, 15) is 37.7 Å². The molecule has 0 aliphatic heterocycles. The van der Waals surface area contributed by atoms with Crippen LogP contribution >= 0.6 is 0 Å². The van der Waals surface area contributed by atoms with Gasteiger partial charge in [-0.15, -0.1) is 0 Å². The van der Waals surface area contributed by atoms with Crippen molar-refractivity contribution in [1.82, 2.24) is 10.6 Å². The zero-order valence-corrected chi connectivity index (χ0v) is 21.3. The molecule has 0 bridgehead atoms. The van der Waals surface area contributed by atoms with E-state index >= 15 is 0 Å². The molecule has 12 heteroatoms. The van der Waals surface area contributed by atoms with E-state index in [0.29, 0.717) is 5.56 Å². The van der Waals surface area contributed by atoms with Crippen LogP contribution < -0.4 is 10.6 Å². The average Bonchev–Trinajstić information content (AvgIpc) is 2.73. The normalized spacial score (nSPS) is 14.5. The highest BCUT2D eigenvalue weighted by Gasteiger charge is 2.38. The first kappa shape index (κ1) is 30.9. The number of alkyl halides is 3. The van der Waals surface area contributed by atoms with Gasteiger partial charge in [0.15, 0.2) is 0 Å². The van der Waals surface area contributed by atoms with Crippen molar-refractivity contribution in [2.24, 2.45) is 17.3 Å². The zero-order chi connectivity index (χ0) is 27.8. The van der Waals surface area contributed by atoms with Gasteiger partial charge in [0, 0.05) is 11.3 Å². The zero-order valence-electron chi connectivity index (χ0n) is 21.3. The fourth-order valence-electron chi connectivity index (χ4n) is 3.61. The molecule has 0 fully saturated rings. The summed E-state index contributed by atoms with van der Waals surface area (Å²) in [7, 11) is 1.10. The van der Waals surface area contributed by atoms with Gasteiger partial charge < -0.3 is 15.4 Å². The molecule has 9 nitrogen and oxygen atoms in total. The second-order valence-electron chi connectivity index (χ2n) is 10.1. The second kappa shape index (κ2) is 12.7. The Labute approximate surface area is 208 Å². The van der Waals surface area contributed by atoms with Crippen molar-refractivity contribution in [2.75, 3.05) is 13.7 Å². The van der Waals surface area contributed by atoms with Gasteiger partial charge in [-0.1, -0.05) is 46.8 Å². The number of methoxy groups -OCH3 is 1. The Kier molecular flexibility index (Phi) is 10.9. The molecule has 2 amide bonds. The molecule has 0 aromatic heterocycles. The third-order valence-corrected chi connectivity index (χ3v) is 5.43. The molecule has 0 saturated heterocycles. The second-order valence-corrected chi connectivity index (χ2v) is 10.1. The largest absolute Gasteiger partial charge is 0.467 e. The van der Waals surface area contributed by atoms with Crippen molar-refractivity contribution in [3.63, 3.8) is 0 Å². The Morgan fingerprint density at radius 3 is 2.00 bits per heavy atom. The highest BCUT2D eigenvalue weighted by Crippen LogP contribution is 2.29. The number of nitro groups is 1. The summed E-state index contributed by atoms with van der Waals surface area (Å²) in [5.74, 6) is -3.18. The van der Waals surface area contributed by atoms with Crippen molar-refractivity contribution < 1.29 is 37.2 Å². The quantitative estimate of drug-likeness (QED) is 0.263. The van der Waals surface area contributed by atoms with Gasteiger partial charge >= 0.3 is 12.1 Å². The van der Waals surface area contributed by atoms with Crippen molar-refractivity contribution >= 4 is 17.8 Å². The summed E-state index contributed by atoms with van der Waals surface area (Å²) in [4.78, 5) is 48.9. The molecule has 3 atom stereocenters. The minimum absolute atomic E-state index is 0.00458. The molecule has 1 rings (SSSR count). The first-order valence-corrected chi connectivity index (χ1v) is 11.4. The maximum atomic E-state index is 13.2. The van der Waals surface area contributed by atoms with E-state index in [2.05, 4.69) is 10.6 Å². The number of rotatable bonds is 11. The molecular weight excluding hydrogens is 483 g/mol. The number of hydrogen-bond acceptors (Lipinski definition) is 6. The maximum absolute atomic E-state index is 13.2. The molecule has 0 heterocycles. The summed E-state index contributed by atoms with van der Waals surface area (Å²) in [6.07, 6.45) is -4.43. The van der Waals surface area contributed by atoms with Crippen LogP contribution in [0.15, 0.2) is 24.3 Å². The van der Waals surface area contributed by atoms with Crippen LogP contribution in [0.2, 0.25) is 0 Å². The first-order chi connectivity index (χ1) is 16.4. The van der Waals surface area contributed by atoms with Gasteiger partial charge in [0.05, 0.1) is 12.7 Å². The van der Waals surface area contributed by atoms with Crippen LogP contribution in [-0.4, -0.2) is 48.4 Å². The number of hydrogen-bond donors (Lipinski definition) is 2. The molecule has 0 spiro atoms. The smallest absolute Gasteiger partial charge is 0.416 e. The molecule has 202 valence electrons. The molecule has 1 aromatic carbocycles. The van der Waals surface area contributed by atoms with Crippen LogP contribution in [0.5, 0.6) is 0 Å². The Morgan fingerprint density at radius 2 is 1.58 bits per heavy atom. The van der Waals surface area contributed by atoms with Crippen molar-refractivity contribution in [2.45, 2.75) is 65.7 Å². The molecule has 0 unspecified atom stereocenters. The summed E-state index contributed by atoms with van der Waals surface area (Å²) in [5.41, 5.74) is -1.35. The van der Waals surface area contributed by atoms with Gasteiger partial charge in [-0.05, 0) is 35.4 Å². The number of benzene rings is 1. The van der Waals surface area contributed by atoms with E-state index in [1.165, 1.54) is 12.1 Å². The summed E-state index contributed by atoms with van der Waals surface area (Å²) in [6, 6.07) is 1.73. The number of amides is 2. The van der Waals surface area contributed by atoms with Crippen molar-refractivity contribution in [1.29, 1.82) is 0 Å². The lowest BCUT2D eigenvalue weighted by Crippen LogP contribution is -2.58. The predicted molar refractivity (Wildman–Crippen MR) is 125 cm³/mol. The summed E-state index contributed by atoms with van der Waals surface area (Å²) < 4.78 is 43.2. The monoisotopic (exact) mass is 517 g/mol. The third kappa shape index (κ3) is 9.82. The maximum Gasteiger partial charge on any atom is 0.416 e. The Morgan fingerprint density at radius 1 is 1.03 bits per heavy atom. The Hall–Kier alpha value is -3.18. The SMILES string of the molecule is COC(=O)[C@H](Cc1ccc(C(F)(F)F)cc1)NC(=O)[C@@H](NC(=O)[C@H](CC(C)C)C[N+](=O)[O-])C(C)(C)C. The van der Waals surface area contributed by atoms with Gasteiger partial charge in [-0.3, -0.25) is 19.7 Å². The number of carbonyl (C=O) groups excluding carboxylic acids is 3. The van der Waals surface area contributed by atoms with Gasteiger partial charge in [0.1, 0.15) is 18.0 Å². The minimum atomic E-state index is -4.52. The lowest BCUT2D eigenvalue weighted by Gasteiger charge is -2.32. The van der Waals surface area contributed by atoms with Crippen molar-refractivity contribution in [3.05, 3.63) is 45.5 Å². The summed E-state index contributed by atoms with van der Waals surface area (Å²) >= 11 is 0.